The highest BCUT2D eigenvalue weighted by atomic mass is 16.5. The minimum atomic E-state index is -0.922. The van der Waals surface area contributed by atoms with Gasteiger partial charge < -0.3 is 50.0 Å². The molecule has 62 heavy (non-hydrogen) atoms. The highest BCUT2D eigenvalue weighted by Gasteiger charge is 2.34. The fourth-order valence-corrected chi connectivity index (χ4v) is 7.05. The first-order valence-electron chi connectivity index (χ1n) is 21.6. The van der Waals surface area contributed by atoms with Crippen LogP contribution in [-0.2, 0) is 41.4 Å². The summed E-state index contributed by atoms with van der Waals surface area (Å²) >= 11 is 0. The van der Waals surface area contributed by atoms with Crippen LogP contribution in [0.1, 0.15) is 69.9 Å². The minimum Gasteiger partial charge on any atom is -0.481 e. The number of carbonyl (C=O) groups excluding carboxylic acids is 2. The third-order valence-electron chi connectivity index (χ3n) is 10.9. The van der Waals surface area contributed by atoms with E-state index in [9.17, 15) is 14.4 Å². The van der Waals surface area contributed by atoms with E-state index in [-0.39, 0.29) is 37.2 Å². The Bertz CT molecular complexity index is 1890. The van der Waals surface area contributed by atoms with Crippen molar-refractivity contribution in [2.45, 2.75) is 71.4 Å². The number of terminal acetylenes is 1. The first-order chi connectivity index (χ1) is 30.1. The molecular weight excluding hydrogens is 803 g/mol. The quantitative estimate of drug-likeness (QED) is 0.0725. The van der Waals surface area contributed by atoms with E-state index in [1.807, 2.05) is 16.0 Å². The maximum Gasteiger partial charge on any atom is 0.303 e. The van der Waals surface area contributed by atoms with E-state index in [0.29, 0.717) is 122 Å². The highest BCUT2D eigenvalue weighted by Crippen LogP contribution is 2.26. The number of ether oxygens (including phenoxy) is 3. The Balaban J connectivity index is 1.21. The van der Waals surface area contributed by atoms with Crippen molar-refractivity contribution in [1.29, 1.82) is 0 Å². The lowest BCUT2D eigenvalue weighted by molar-refractivity contribution is -0.137. The van der Waals surface area contributed by atoms with Crippen molar-refractivity contribution >= 4 is 35.6 Å². The Morgan fingerprint density at radius 3 is 1.95 bits per heavy atom. The third kappa shape index (κ3) is 14.0. The molecular formula is C40H63N15O7. The zero-order chi connectivity index (χ0) is 44.3. The molecule has 2 amide bonds. The molecule has 0 aliphatic carbocycles. The van der Waals surface area contributed by atoms with Gasteiger partial charge in [-0.2, -0.15) is 15.0 Å². The van der Waals surface area contributed by atoms with Gasteiger partial charge in [0.2, 0.25) is 29.7 Å². The number of aromatic nitrogens is 9. The summed E-state index contributed by atoms with van der Waals surface area (Å²) in [6.45, 7) is 13.1. The van der Waals surface area contributed by atoms with Crippen LogP contribution in [0.25, 0.3) is 0 Å². The smallest absolute Gasteiger partial charge is 0.303 e. The van der Waals surface area contributed by atoms with Gasteiger partial charge in [-0.25, -0.2) is 9.36 Å². The Labute approximate surface area is 362 Å². The number of anilines is 3. The zero-order valence-corrected chi connectivity index (χ0v) is 36.3. The monoisotopic (exact) mass is 866 g/mol. The Hall–Kier alpha value is -5.50. The molecule has 0 spiro atoms. The molecule has 2 aliphatic heterocycles. The normalized spacial score (nSPS) is 15.9. The highest BCUT2D eigenvalue weighted by molar-refractivity contribution is 5.81. The van der Waals surface area contributed by atoms with Crippen LogP contribution in [0.4, 0.5) is 17.8 Å². The van der Waals surface area contributed by atoms with Crippen molar-refractivity contribution in [3.8, 4) is 12.3 Å². The third-order valence-corrected chi connectivity index (χ3v) is 10.9. The summed E-state index contributed by atoms with van der Waals surface area (Å²) in [7, 11) is 0. The van der Waals surface area contributed by atoms with Crippen LogP contribution in [0.3, 0.4) is 0 Å². The van der Waals surface area contributed by atoms with Crippen molar-refractivity contribution in [1.82, 2.24) is 54.7 Å². The summed E-state index contributed by atoms with van der Waals surface area (Å²) in [5.41, 5.74) is 7.05. The largest absolute Gasteiger partial charge is 0.481 e. The molecule has 3 aromatic heterocycles. The Morgan fingerprint density at radius 2 is 1.35 bits per heavy atom. The van der Waals surface area contributed by atoms with Crippen molar-refractivity contribution < 1.29 is 33.7 Å². The molecule has 2 fully saturated rings. The number of carboxylic acid groups (broad SMARTS) is 1. The lowest BCUT2D eigenvalue weighted by Crippen LogP contribution is -2.52. The van der Waals surface area contributed by atoms with E-state index in [2.05, 4.69) is 50.6 Å². The van der Waals surface area contributed by atoms with Gasteiger partial charge in [-0.15, -0.1) is 16.6 Å². The van der Waals surface area contributed by atoms with Gasteiger partial charge in [0.25, 0.3) is 0 Å². The van der Waals surface area contributed by atoms with Crippen LogP contribution in [0, 0.1) is 18.3 Å². The number of carbonyl (C=O) groups is 3. The first kappa shape index (κ1) is 47.5. The van der Waals surface area contributed by atoms with Gasteiger partial charge in [0.1, 0.15) is 18.7 Å². The first-order valence-corrected chi connectivity index (χ1v) is 21.6. The molecule has 0 unspecified atom stereocenters. The van der Waals surface area contributed by atoms with Crippen molar-refractivity contribution in [3.63, 3.8) is 0 Å². The van der Waals surface area contributed by atoms with Crippen LogP contribution in [0.15, 0.2) is 12.4 Å². The molecule has 0 radical (unpaired) electrons. The number of hydrogen-bond donors (Lipinski definition) is 3. The molecule has 0 bridgehead atoms. The predicted octanol–water partition coefficient (Wildman–Crippen LogP) is 0.294. The molecule has 3 aromatic rings. The second-order valence-electron chi connectivity index (χ2n) is 15.3. The van der Waals surface area contributed by atoms with Crippen LogP contribution in [0.5, 0.6) is 0 Å². The van der Waals surface area contributed by atoms with Gasteiger partial charge in [-0.1, -0.05) is 36.6 Å². The van der Waals surface area contributed by atoms with E-state index in [0.717, 1.165) is 31.4 Å². The van der Waals surface area contributed by atoms with Crippen molar-refractivity contribution in [2.24, 2.45) is 11.7 Å². The Kier molecular flexibility index (Phi) is 19.0. The predicted molar refractivity (Wildman–Crippen MR) is 228 cm³/mol. The summed E-state index contributed by atoms with van der Waals surface area (Å²) in [5, 5.41) is 29.2. The molecule has 22 heteroatoms. The summed E-state index contributed by atoms with van der Waals surface area (Å²) < 4.78 is 19.7. The van der Waals surface area contributed by atoms with E-state index in [4.69, 9.17) is 46.4 Å². The van der Waals surface area contributed by atoms with Crippen LogP contribution < -0.4 is 20.9 Å². The number of nitrogens with one attached hydrogen (secondary N) is 1. The van der Waals surface area contributed by atoms with Gasteiger partial charge in [-0.3, -0.25) is 14.4 Å². The average Bonchev–Trinajstić information content (AvgIpc) is 3.97. The van der Waals surface area contributed by atoms with Gasteiger partial charge in [-0.05, 0) is 38.6 Å². The Morgan fingerprint density at radius 1 is 0.790 bits per heavy atom. The lowest BCUT2D eigenvalue weighted by atomic mass is 9.97. The molecule has 2 saturated heterocycles. The standard InChI is InChI=1S/C40H63N15O7/c1-5-22-60-24-26-62-27-25-61-23-13-42-38-43-39(52-18-14-50(15-19-52)36(58)31(4)54-28-33(47-48-54)10-11-34(56)57)45-40(44-38)53-20-16-51(17-21-53)37(59)35(30(3)6-2)55-29-32(46-49-55)9-7-8-12-41/h1,28-31,35H,6-27,41H2,2-4H3,(H,56,57)(H,42,43,44,45)/t30-,31-,35-/m0/s1. The number of aryl methyl sites for hydroxylation is 2. The summed E-state index contributed by atoms with van der Waals surface area (Å²) in [4.78, 5) is 60.9. The SMILES string of the molecule is C#CCOCCOCCOCCNc1nc(N2CCN(C(=O)[C@H]([C@@H](C)CC)n3cc(CCCCN)nn3)CC2)nc(N2CCN(C(=O)[C@H](C)n3cc(CCC(=O)O)nn3)CC2)n1. The number of nitrogens with zero attached hydrogens (tertiary/aromatic N) is 13. The van der Waals surface area contributed by atoms with E-state index < -0.39 is 18.1 Å². The minimum absolute atomic E-state index is 0.0166. The molecule has 340 valence electrons. The molecule has 22 nitrogen and oxygen atoms in total. The van der Waals surface area contributed by atoms with Crippen molar-refractivity contribution in [3.05, 3.63) is 23.8 Å². The fourth-order valence-electron chi connectivity index (χ4n) is 7.05. The number of carboxylic acids is 1. The average molecular weight is 866 g/mol. The van der Waals surface area contributed by atoms with Crippen LogP contribution in [-0.4, -0.2) is 183 Å². The number of amides is 2. The lowest BCUT2D eigenvalue weighted by Gasteiger charge is -2.38. The van der Waals surface area contributed by atoms with E-state index in [1.165, 1.54) is 4.68 Å². The van der Waals surface area contributed by atoms with Gasteiger partial charge in [0.15, 0.2) is 0 Å². The maximum absolute atomic E-state index is 14.1. The van der Waals surface area contributed by atoms with Gasteiger partial charge >= 0.3 is 5.97 Å². The molecule has 3 atom stereocenters. The van der Waals surface area contributed by atoms with Gasteiger partial charge in [0, 0.05) is 77.7 Å². The topological polar surface area (TPSA) is 250 Å². The molecule has 5 rings (SSSR count). The van der Waals surface area contributed by atoms with Gasteiger partial charge in [0.05, 0.1) is 50.8 Å². The summed E-state index contributed by atoms with van der Waals surface area (Å²) in [6, 6.07) is -1.07. The summed E-state index contributed by atoms with van der Waals surface area (Å²) in [6.07, 6.45) is 12.3. The molecule has 4 N–H and O–H groups in total. The van der Waals surface area contributed by atoms with Crippen LogP contribution in [0.2, 0.25) is 0 Å². The molecule has 2 aliphatic rings. The second-order valence-corrected chi connectivity index (χ2v) is 15.3. The zero-order valence-electron chi connectivity index (χ0n) is 36.3. The fraction of sp³-hybridized carbons (Fsp3) is 0.700. The van der Waals surface area contributed by atoms with E-state index >= 15 is 0 Å². The summed E-state index contributed by atoms with van der Waals surface area (Å²) in [5.74, 6) is 2.80. The number of unbranched alkanes of at least 4 members (excludes halogenated alkanes) is 1. The number of hydrogen-bond acceptors (Lipinski definition) is 17. The maximum atomic E-state index is 14.1. The number of rotatable bonds is 26. The second kappa shape index (κ2) is 24.8. The molecule has 5 heterocycles. The molecule has 0 aromatic carbocycles. The van der Waals surface area contributed by atoms with Crippen LogP contribution >= 0.6 is 0 Å². The number of piperazine rings is 2. The van der Waals surface area contributed by atoms with E-state index in [1.54, 1.807) is 22.7 Å². The molecule has 0 saturated carbocycles. The van der Waals surface area contributed by atoms with Crippen molar-refractivity contribution in [2.75, 3.05) is 120 Å². The number of nitrogens with two attached hydrogens (primary N) is 1. The number of aliphatic carboxylic acids is 1.